The van der Waals surface area contributed by atoms with E-state index >= 15 is 0 Å². The molecule has 0 spiro atoms. The third-order valence-corrected chi connectivity index (χ3v) is 3.44. The summed E-state index contributed by atoms with van der Waals surface area (Å²) in [6.45, 7) is 5.88. The summed E-state index contributed by atoms with van der Waals surface area (Å²) in [5, 5.41) is 7.13. The monoisotopic (exact) mass is 182 g/mol. The fourth-order valence-corrected chi connectivity index (χ4v) is 1.96. The summed E-state index contributed by atoms with van der Waals surface area (Å²) in [4.78, 5) is 0. The van der Waals surface area contributed by atoms with Gasteiger partial charge in [0.05, 0.1) is 0 Å². The summed E-state index contributed by atoms with van der Waals surface area (Å²) >= 11 is 0. The topological polar surface area (TPSA) is 24.1 Å². The Balaban J connectivity index is 1.43. The molecule has 13 heavy (non-hydrogen) atoms. The lowest BCUT2D eigenvalue weighted by Crippen LogP contribution is -2.50. The van der Waals surface area contributed by atoms with Gasteiger partial charge < -0.3 is 10.6 Å². The molecule has 0 aromatic carbocycles. The van der Waals surface area contributed by atoms with Crippen LogP contribution < -0.4 is 10.6 Å². The van der Waals surface area contributed by atoms with Gasteiger partial charge >= 0.3 is 0 Å². The second-order valence-electron chi connectivity index (χ2n) is 4.99. The van der Waals surface area contributed by atoms with E-state index in [-0.39, 0.29) is 0 Å². The SMILES string of the molecule is CC1(NCCNCC2CC2)CCC1. The molecule has 0 atom stereocenters. The van der Waals surface area contributed by atoms with Crippen LogP contribution in [-0.4, -0.2) is 25.2 Å². The molecule has 0 aromatic rings. The van der Waals surface area contributed by atoms with Crippen LogP contribution in [0.25, 0.3) is 0 Å². The predicted octanol–water partition coefficient (Wildman–Crippen LogP) is 1.52. The van der Waals surface area contributed by atoms with Gasteiger partial charge in [0, 0.05) is 18.6 Å². The van der Waals surface area contributed by atoms with E-state index in [1.807, 2.05) is 0 Å². The molecule has 2 saturated carbocycles. The molecule has 2 N–H and O–H groups in total. The fraction of sp³-hybridized carbons (Fsp3) is 1.00. The molecule has 0 saturated heterocycles. The quantitative estimate of drug-likeness (QED) is 0.609. The van der Waals surface area contributed by atoms with E-state index in [9.17, 15) is 0 Å². The minimum absolute atomic E-state index is 0.487. The van der Waals surface area contributed by atoms with Gasteiger partial charge in [-0.25, -0.2) is 0 Å². The first-order valence-electron chi connectivity index (χ1n) is 5.74. The molecule has 0 amide bonds. The van der Waals surface area contributed by atoms with Crippen molar-refractivity contribution in [2.45, 2.75) is 44.6 Å². The van der Waals surface area contributed by atoms with Crippen molar-refractivity contribution in [2.75, 3.05) is 19.6 Å². The summed E-state index contributed by atoms with van der Waals surface area (Å²) in [6.07, 6.45) is 7.07. The highest BCUT2D eigenvalue weighted by molar-refractivity contribution is 4.91. The lowest BCUT2D eigenvalue weighted by Gasteiger charge is -2.39. The molecule has 76 valence electrons. The van der Waals surface area contributed by atoms with E-state index in [0.29, 0.717) is 5.54 Å². The van der Waals surface area contributed by atoms with Gasteiger partial charge in [-0.2, -0.15) is 0 Å². The lowest BCUT2D eigenvalue weighted by molar-refractivity contribution is 0.210. The van der Waals surface area contributed by atoms with Crippen molar-refractivity contribution in [3.63, 3.8) is 0 Å². The minimum atomic E-state index is 0.487. The largest absolute Gasteiger partial charge is 0.315 e. The van der Waals surface area contributed by atoms with Crippen LogP contribution in [0.1, 0.15) is 39.0 Å². The van der Waals surface area contributed by atoms with Crippen LogP contribution in [0.15, 0.2) is 0 Å². The summed E-state index contributed by atoms with van der Waals surface area (Å²) in [6, 6.07) is 0. The molecular weight excluding hydrogens is 160 g/mol. The number of nitrogens with one attached hydrogen (secondary N) is 2. The van der Waals surface area contributed by atoms with E-state index in [4.69, 9.17) is 0 Å². The van der Waals surface area contributed by atoms with E-state index in [0.717, 1.165) is 19.0 Å². The van der Waals surface area contributed by atoms with Crippen molar-refractivity contribution in [2.24, 2.45) is 5.92 Å². The summed E-state index contributed by atoms with van der Waals surface area (Å²) in [5.74, 6) is 1.01. The third-order valence-electron chi connectivity index (χ3n) is 3.44. The van der Waals surface area contributed by atoms with E-state index in [2.05, 4.69) is 17.6 Å². The number of rotatable bonds is 6. The van der Waals surface area contributed by atoms with Crippen LogP contribution in [-0.2, 0) is 0 Å². The standard InChI is InChI=1S/C11H22N2/c1-11(5-2-6-11)13-8-7-12-9-10-3-4-10/h10,12-13H,2-9H2,1H3. The maximum atomic E-state index is 3.63. The van der Waals surface area contributed by atoms with E-state index in [1.165, 1.54) is 38.6 Å². The summed E-state index contributed by atoms with van der Waals surface area (Å²) in [7, 11) is 0. The van der Waals surface area contributed by atoms with Crippen molar-refractivity contribution in [1.29, 1.82) is 0 Å². The van der Waals surface area contributed by atoms with Gasteiger partial charge in [0.15, 0.2) is 0 Å². The van der Waals surface area contributed by atoms with Crippen LogP contribution in [0.2, 0.25) is 0 Å². The van der Waals surface area contributed by atoms with Gasteiger partial charge in [0.1, 0.15) is 0 Å². The van der Waals surface area contributed by atoms with Gasteiger partial charge in [0.25, 0.3) is 0 Å². The van der Waals surface area contributed by atoms with Crippen molar-refractivity contribution in [3.8, 4) is 0 Å². The Hall–Kier alpha value is -0.0800. The van der Waals surface area contributed by atoms with Crippen molar-refractivity contribution in [1.82, 2.24) is 10.6 Å². The molecule has 0 unspecified atom stereocenters. The highest BCUT2D eigenvalue weighted by atomic mass is 15.0. The van der Waals surface area contributed by atoms with E-state index < -0.39 is 0 Å². The van der Waals surface area contributed by atoms with Crippen molar-refractivity contribution >= 4 is 0 Å². The van der Waals surface area contributed by atoms with E-state index in [1.54, 1.807) is 0 Å². The molecule has 0 aliphatic heterocycles. The highest BCUT2D eigenvalue weighted by Crippen LogP contribution is 2.30. The Labute approximate surface area is 81.5 Å². The van der Waals surface area contributed by atoms with Crippen LogP contribution in [0.3, 0.4) is 0 Å². The first kappa shape index (κ1) is 9.47. The summed E-state index contributed by atoms with van der Waals surface area (Å²) < 4.78 is 0. The molecule has 2 heteroatoms. The Kier molecular flexibility index (Phi) is 2.89. The third kappa shape index (κ3) is 2.96. The van der Waals surface area contributed by atoms with Crippen LogP contribution >= 0.6 is 0 Å². The second kappa shape index (κ2) is 3.97. The second-order valence-corrected chi connectivity index (χ2v) is 4.99. The molecule has 2 nitrogen and oxygen atoms in total. The predicted molar refractivity (Wildman–Crippen MR) is 55.9 cm³/mol. The van der Waals surface area contributed by atoms with Gasteiger partial charge in [-0.3, -0.25) is 0 Å². The molecule has 0 bridgehead atoms. The van der Waals surface area contributed by atoms with Gasteiger partial charge in [-0.1, -0.05) is 0 Å². The van der Waals surface area contributed by atoms with Gasteiger partial charge in [0.2, 0.25) is 0 Å². The van der Waals surface area contributed by atoms with Gasteiger partial charge in [-0.05, 0) is 51.5 Å². The molecule has 0 heterocycles. The van der Waals surface area contributed by atoms with Crippen molar-refractivity contribution in [3.05, 3.63) is 0 Å². The minimum Gasteiger partial charge on any atom is -0.315 e. The molecule has 0 aromatic heterocycles. The van der Waals surface area contributed by atoms with Crippen LogP contribution in [0.5, 0.6) is 0 Å². The maximum Gasteiger partial charge on any atom is 0.0153 e. The lowest BCUT2D eigenvalue weighted by atomic mass is 9.78. The smallest absolute Gasteiger partial charge is 0.0153 e. The zero-order valence-electron chi connectivity index (χ0n) is 8.73. The average Bonchev–Trinajstić information content (AvgIpc) is 2.84. The molecule has 0 radical (unpaired) electrons. The number of hydrogen-bond acceptors (Lipinski definition) is 2. The first-order valence-corrected chi connectivity index (χ1v) is 5.74. The maximum absolute atomic E-state index is 3.63. The zero-order valence-corrected chi connectivity index (χ0v) is 8.73. The highest BCUT2D eigenvalue weighted by Gasteiger charge is 2.30. The van der Waals surface area contributed by atoms with Crippen LogP contribution in [0.4, 0.5) is 0 Å². The fourth-order valence-electron chi connectivity index (χ4n) is 1.96. The number of hydrogen-bond donors (Lipinski definition) is 2. The Morgan fingerprint density at radius 2 is 2.00 bits per heavy atom. The molecule has 2 aliphatic carbocycles. The molecule has 2 aliphatic rings. The molecule has 2 rings (SSSR count). The van der Waals surface area contributed by atoms with Crippen molar-refractivity contribution < 1.29 is 0 Å². The first-order chi connectivity index (χ1) is 6.29. The zero-order chi connectivity index (χ0) is 9.15. The normalized spacial score (nSPS) is 25.6. The molecular formula is C11H22N2. The Morgan fingerprint density at radius 1 is 1.23 bits per heavy atom. The van der Waals surface area contributed by atoms with Gasteiger partial charge in [-0.15, -0.1) is 0 Å². The van der Waals surface area contributed by atoms with Crippen LogP contribution in [0, 0.1) is 5.92 Å². The summed E-state index contributed by atoms with van der Waals surface area (Å²) in [5.41, 5.74) is 0.487. The Bertz CT molecular complexity index is 159. The molecule has 2 fully saturated rings. The average molecular weight is 182 g/mol. The Morgan fingerprint density at radius 3 is 2.54 bits per heavy atom.